The summed E-state index contributed by atoms with van der Waals surface area (Å²) in [7, 11) is -3.86. The quantitative estimate of drug-likeness (QED) is 0.674. The van der Waals surface area contributed by atoms with Crippen LogP contribution in [0.3, 0.4) is 0 Å². The lowest BCUT2D eigenvalue weighted by Gasteiger charge is -2.10. The van der Waals surface area contributed by atoms with Crippen molar-refractivity contribution >= 4 is 21.4 Å². The molecule has 0 fully saturated rings. The second kappa shape index (κ2) is 4.84. The molecule has 0 saturated carbocycles. The Labute approximate surface area is 98.2 Å². The number of hydrogen-bond donors (Lipinski definition) is 3. The van der Waals surface area contributed by atoms with E-state index >= 15 is 0 Å². The van der Waals surface area contributed by atoms with Crippen LogP contribution in [0.4, 0.5) is 0 Å². The Kier molecular flexibility index (Phi) is 3.93. The first-order valence-corrected chi connectivity index (χ1v) is 6.12. The van der Waals surface area contributed by atoms with Crippen LogP contribution in [0.15, 0.2) is 40.3 Å². The van der Waals surface area contributed by atoms with Crippen molar-refractivity contribution in [1.29, 1.82) is 0 Å². The van der Waals surface area contributed by atoms with Crippen molar-refractivity contribution in [2.24, 2.45) is 11.5 Å². The molecule has 1 aromatic rings. The number of aliphatic hydroxyl groups is 1. The minimum atomic E-state index is -3.86. The zero-order valence-corrected chi connectivity index (χ0v) is 9.74. The third kappa shape index (κ3) is 2.53. The molecule has 1 atom stereocenters. The molecular formula is C9H11ClN2O3S. The summed E-state index contributed by atoms with van der Waals surface area (Å²) in [4.78, 5) is -0.479. The Bertz CT molecular complexity index is 494. The number of aliphatic hydroxyl groups excluding tert-OH is 1. The lowest BCUT2D eigenvalue weighted by Crippen LogP contribution is -2.27. The Hall–Kier alpha value is -1.08. The van der Waals surface area contributed by atoms with Gasteiger partial charge in [-0.1, -0.05) is 11.6 Å². The number of rotatable bonds is 3. The van der Waals surface area contributed by atoms with Gasteiger partial charge in [-0.05, 0) is 24.3 Å². The van der Waals surface area contributed by atoms with E-state index in [0.717, 1.165) is 6.20 Å². The average molecular weight is 263 g/mol. The Balaban J connectivity index is 3.27. The van der Waals surface area contributed by atoms with Crippen LogP contribution in [0.1, 0.15) is 0 Å². The second-order valence-electron chi connectivity index (χ2n) is 2.97. The molecule has 1 rings (SSSR count). The highest BCUT2D eigenvalue weighted by atomic mass is 35.5. The van der Waals surface area contributed by atoms with E-state index in [-0.39, 0.29) is 4.90 Å². The van der Waals surface area contributed by atoms with Crippen LogP contribution in [0.2, 0.25) is 5.02 Å². The summed E-state index contributed by atoms with van der Waals surface area (Å²) in [5.74, 6) is 0. The Morgan fingerprint density at radius 3 is 2.25 bits per heavy atom. The van der Waals surface area contributed by atoms with Gasteiger partial charge in [-0.25, -0.2) is 8.42 Å². The minimum absolute atomic E-state index is 0.0295. The third-order valence-corrected chi connectivity index (χ3v) is 4.03. The van der Waals surface area contributed by atoms with Crippen molar-refractivity contribution in [3.05, 3.63) is 40.4 Å². The normalized spacial score (nSPS) is 14.8. The molecule has 88 valence electrons. The fraction of sp³-hybridized carbons (Fsp3) is 0.111. The maximum absolute atomic E-state index is 11.9. The van der Waals surface area contributed by atoms with Gasteiger partial charge in [-0.2, -0.15) is 0 Å². The third-order valence-electron chi connectivity index (χ3n) is 1.89. The van der Waals surface area contributed by atoms with E-state index in [2.05, 4.69) is 0 Å². The second-order valence-corrected chi connectivity index (χ2v) is 5.36. The van der Waals surface area contributed by atoms with E-state index in [1.54, 1.807) is 0 Å². The van der Waals surface area contributed by atoms with Gasteiger partial charge in [0.2, 0.25) is 9.84 Å². The summed E-state index contributed by atoms with van der Waals surface area (Å²) >= 11 is 5.63. The van der Waals surface area contributed by atoms with Crippen LogP contribution >= 0.6 is 11.6 Å². The predicted octanol–water partition coefficient (Wildman–Crippen LogP) is 0.191. The molecule has 0 heterocycles. The van der Waals surface area contributed by atoms with E-state index in [1.165, 1.54) is 24.3 Å². The molecule has 5 nitrogen and oxygen atoms in total. The van der Waals surface area contributed by atoms with Gasteiger partial charge < -0.3 is 16.6 Å². The summed E-state index contributed by atoms with van der Waals surface area (Å²) in [5, 5.41) is 9.50. The first kappa shape index (κ1) is 13.0. The molecule has 1 aromatic carbocycles. The number of benzene rings is 1. The van der Waals surface area contributed by atoms with Crippen molar-refractivity contribution in [2.45, 2.75) is 11.1 Å². The smallest absolute Gasteiger partial charge is 0.208 e. The van der Waals surface area contributed by atoms with Gasteiger partial charge in [0.15, 0.2) is 0 Å². The van der Waals surface area contributed by atoms with Crippen LogP contribution in [-0.4, -0.2) is 19.8 Å². The lowest BCUT2D eigenvalue weighted by molar-refractivity contribution is 0.226. The molecule has 0 amide bonds. The summed E-state index contributed by atoms with van der Waals surface area (Å²) < 4.78 is 23.8. The highest BCUT2D eigenvalue weighted by Crippen LogP contribution is 2.21. The molecule has 0 saturated heterocycles. The zero-order chi connectivity index (χ0) is 12.3. The highest BCUT2D eigenvalue weighted by molar-refractivity contribution is 7.95. The summed E-state index contributed by atoms with van der Waals surface area (Å²) in [6.07, 6.45) is -0.875. The molecule has 0 aliphatic heterocycles. The van der Waals surface area contributed by atoms with Gasteiger partial charge in [0.25, 0.3) is 0 Å². The zero-order valence-electron chi connectivity index (χ0n) is 8.17. The molecular weight excluding hydrogens is 252 g/mol. The van der Waals surface area contributed by atoms with E-state index in [0.29, 0.717) is 5.02 Å². The molecule has 1 unspecified atom stereocenters. The van der Waals surface area contributed by atoms with Crippen molar-refractivity contribution in [1.82, 2.24) is 0 Å². The molecule has 0 spiro atoms. The molecule has 0 aliphatic rings. The van der Waals surface area contributed by atoms with Crippen LogP contribution in [0.25, 0.3) is 0 Å². The van der Waals surface area contributed by atoms with Crippen molar-refractivity contribution in [3.8, 4) is 0 Å². The van der Waals surface area contributed by atoms with E-state index < -0.39 is 21.0 Å². The standard InChI is InChI=1S/C9H11ClN2O3S/c10-6-1-3-7(4-2-6)16(14,15)8(5-11)9(12)13/h1-5,9,13H,11-12H2/b8-5+. The van der Waals surface area contributed by atoms with Gasteiger partial charge in [-0.15, -0.1) is 0 Å². The number of halogens is 1. The predicted molar refractivity (Wildman–Crippen MR) is 61.1 cm³/mol. The van der Waals surface area contributed by atoms with Gasteiger partial charge in [0.1, 0.15) is 11.1 Å². The van der Waals surface area contributed by atoms with Crippen LogP contribution in [0, 0.1) is 0 Å². The monoisotopic (exact) mass is 262 g/mol. The molecule has 0 aromatic heterocycles. The molecule has 0 aliphatic carbocycles. The molecule has 7 heteroatoms. The van der Waals surface area contributed by atoms with Crippen molar-refractivity contribution in [3.63, 3.8) is 0 Å². The SMILES string of the molecule is N/C=C(\C(N)O)S(=O)(=O)c1ccc(Cl)cc1. The van der Waals surface area contributed by atoms with Gasteiger partial charge in [0.05, 0.1) is 4.90 Å². The van der Waals surface area contributed by atoms with E-state index in [4.69, 9.17) is 28.2 Å². The van der Waals surface area contributed by atoms with Gasteiger partial charge in [0, 0.05) is 11.2 Å². The Morgan fingerprint density at radius 1 is 1.38 bits per heavy atom. The van der Waals surface area contributed by atoms with Gasteiger partial charge in [-0.3, -0.25) is 0 Å². The fourth-order valence-corrected chi connectivity index (χ4v) is 2.49. The largest absolute Gasteiger partial charge is 0.404 e. The molecule has 0 radical (unpaired) electrons. The maximum atomic E-state index is 11.9. The fourth-order valence-electron chi connectivity index (χ4n) is 1.10. The van der Waals surface area contributed by atoms with E-state index in [9.17, 15) is 8.42 Å². The lowest BCUT2D eigenvalue weighted by atomic mass is 10.4. The van der Waals surface area contributed by atoms with Crippen LogP contribution in [0.5, 0.6) is 0 Å². The molecule has 16 heavy (non-hydrogen) atoms. The van der Waals surface area contributed by atoms with E-state index in [1.807, 2.05) is 0 Å². The summed E-state index contributed by atoms with van der Waals surface area (Å²) in [6, 6.07) is 5.46. The topological polar surface area (TPSA) is 106 Å². The first-order valence-electron chi connectivity index (χ1n) is 4.25. The van der Waals surface area contributed by atoms with Crippen LogP contribution < -0.4 is 11.5 Å². The molecule has 5 N–H and O–H groups in total. The summed E-state index contributed by atoms with van der Waals surface area (Å²) in [6.45, 7) is 0. The van der Waals surface area contributed by atoms with Crippen LogP contribution in [-0.2, 0) is 9.84 Å². The number of hydrogen-bond acceptors (Lipinski definition) is 5. The number of sulfone groups is 1. The van der Waals surface area contributed by atoms with Crippen molar-refractivity contribution in [2.75, 3.05) is 0 Å². The Morgan fingerprint density at radius 2 is 1.88 bits per heavy atom. The number of nitrogens with two attached hydrogens (primary N) is 2. The molecule has 0 bridgehead atoms. The highest BCUT2D eigenvalue weighted by Gasteiger charge is 2.24. The van der Waals surface area contributed by atoms with Gasteiger partial charge >= 0.3 is 0 Å². The minimum Gasteiger partial charge on any atom is -0.404 e. The average Bonchev–Trinajstić information content (AvgIpc) is 2.18. The van der Waals surface area contributed by atoms with Crippen molar-refractivity contribution < 1.29 is 13.5 Å². The first-order chi connectivity index (χ1) is 7.39. The maximum Gasteiger partial charge on any atom is 0.208 e. The summed E-state index contributed by atoms with van der Waals surface area (Å²) in [5.41, 5.74) is 10.2.